The van der Waals surface area contributed by atoms with E-state index < -0.39 is 5.91 Å². The summed E-state index contributed by atoms with van der Waals surface area (Å²) in [5.74, 6) is -0.176. The van der Waals surface area contributed by atoms with E-state index in [1.165, 1.54) is 22.2 Å². The number of carbonyl (C=O) groups excluding carboxylic acids is 1. The second kappa shape index (κ2) is 6.35. The minimum Gasteiger partial charge on any atom is -0.397 e. The lowest BCUT2D eigenvalue weighted by Gasteiger charge is -2.07. The van der Waals surface area contributed by atoms with Crippen molar-refractivity contribution in [1.29, 1.82) is 5.26 Å². The third-order valence-electron chi connectivity index (χ3n) is 3.84. The first-order valence-corrected chi connectivity index (χ1v) is 9.33. The molecule has 11 heteroatoms. The highest BCUT2D eigenvalue weighted by Gasteiger charge is 2.25. The largest absolute Gasteiger partial charge is 0.397 e. The molecule has 0 atom stereocenters. The average Bonchev–Trinajstić information content (AvgIpc) is 3.35. The van der Waals surface area contributed by atoms with E-state index in [9.17, 15) is 10.1 Å². The Morgan fingerprint density at radius 3 is 2.89 bits per heavy atom. The molecule has 0 bridgehead atoms. The third kappa shape index (κ3) is 2.77. The number of nitriles is 1. The molecule has 27 heavy (non-hydrogen) atoms. The molecule has 0 fully saturated rings. The van der Waals surface area contributed by atoms with E-state index in [2.05, 4.69) is 21.6 Å². The molecule has 134 valence electrons. The Labute approximate surface area is 160 Å². The molecule has 0 saturated heterocycles. The maximum atomic E-state index is 12.7. The van der Waals surface area contributed by atoms with E-state index in [1.807, 2.05) is 16.8 Å². The van der Waals surface area contributed by atoms with Gasteiger partial charge in [0.25, 0.3) is 12.1 Å². The molecule has 4 aromatic rings. The first kappa shape index (κ1) is 17.0. The standard InChI is InChI=1S/C16H11N7O2S2/c1-23-5-9(25-22-23)20-15(24)13-12(18)11-10(7-2-3-26-6-7)8(4-17)14(19)21-16(11)27-13/h2-3,5-6H,1H3,(H4-,18,19,20,21,22,24)/p+1. The highest BCUT2D eigenvalue weighted by atomic mass is 32.1. The summed E-state index contributed by atoms with van der Waals surface area (Å²) in [6, 6.07) is 3.96. The summed E-state index contributed by atoms with van der Waals surface area (Å²) in [7, 11) is 1.66. The number of thiophene rings is 2. The van der Waals surface area contributed by atoms with Crippen LogP contribution >= 0.6 is 22.7 Å². The van der Waals surface area contributed by atoms with Crippen LogP contribution in [0.4, 0.5) is 17.4 Å². The van der Waals surface area contributed by atoms with Crippen molar-refractivity contribution in [1.82, 2.24) is 10.3 Å². The van der Waals surface area contributed by atoms with Crippen LogP contribution in [0.2, 0.25) is 0 Å². The van der Waals surface area contributed by atoms with Crippen LogP contribution in [-0.2, 0) is 7.05 Å². The number of pyridine rings is 1. The molecule has 1 amide bonds. The summed E-state index contributed by atoms with van der Waals surface area (Å²) in [4.78, 5) is 17.7. The highest BCUT2D eigenvalue weighted by Crippen LogP contribution is 2.43. The number of amides is 1. The molecule has 0 unspecified atom stereocenters. The van der Waals surface area contributed by atoms with Gasteiger partial charge >= 0.3 is 5.88 Å². The van der Waals surface area contributed by atoms with E-state index in [0.29, 0.717) is 15.8 Å². The molecule has 0 aliphatic rings. The van der Waals surface area contributed by atoms with Crippen molar-refractivity contribution in [3.05, 3.63) is 33.5 Å². The van der Waals surface area contributed by atoms with Crippen LogP contribution in [0, 0.1) is 11.3 Å². The molecule has 9 nitrogen and oxygen atoms in total. The van der Waals surface area contributed by atoms with Gasteiger partial charge in [-0.25, -0.2) is 4.98 Å². The number of aromatic nitrogens is 3. The molecule has 0 spiro atoms. The Morgan fingerprint density at radius 2 is 2.26 bits per heavy atom. The maximum absolute atomic E-state index is 12.7. The molecule has 4 aromatic heterocycles. The van der Waals surface area contributed by atoms with Gasteiger partial charge in [0.1, 0.15) is 27.2 Å². The number of hydrogen-bond acceptors (Lipinski definition) is 9. The second-order valence-corrected chi connectivity index (χ2v) is 7.37. The molecule has 0 radical (unpaired) electrons. The van der Waals surface area contributed by atoms with E-state index in [4.69, 9.17) is 16.0 Å². The van der Waals surface area contributed by atoms with Gasteiger partial charge in [-0.1, -0.05) is 4.68 Å². The van der Waals surface area contributed by atoms with E-state index in [-0.39, 0.29) is 27.8 Å². The van der Waals surface area contributed by atoms with Crippen molar-refractivity contribution in [3.8, 4) is 17.2 Å². The Kier molecular flexibility index (Phi) is 3.98. The van der Waals surface area contributed by atoms with E-state index in [1.54, 1.807) is 7.05 Å². The predicted octanol–water partition coefficient (Wildman–Crippen LogP) is 2.13. The van der Waals surface area contributed by atoms with Crippen LogP contribution < -0.4 is 21.5 Å². The van der Waals surface area contributed by atoms with Gasteiger partial charge in [0, 0.05) is 10.9 Å². The quantitative estimate of drug-likeness (QED) is 0.448. The fourth-order valence-corrected chi connectivity index (χ4v) is 4.35. The van der Waals surface area contributed by atoms with Crippen molar-refractivity contribution in [2.24, 2.45) is 7.05 Å². The first-order chi connectivity index (χ1) is 13.0. The molecular weight excluding hydrogens is 386 g/mol. The van der Waals surface area contributed by atoms with Gasteiger partial charge in [0.2, 0.25) is 0 Å². The number of hydrogen-bond donors (Lipinski definition) is 3. The highest BCUT2D eigenvalue weighted by molar-refractivity contribution is 7.21. The summed E-state index contributed by atoms with van der Waals surface area (Å²) in [5.41, 5.74) is 14.1. The summed E-state index contributed by atoms with van der Waals surface area (Å²) in [6.07, 6.45) is 1.52. The first-order valence-electron chi connectivity index (χ1n) is 7.57. The lowest BCUT2D eigenvalue weighted by Crippen LogP contribution is -2.28. The van der Waals surface area contributed by atoms with Crippen LogP contribution in [0.1, 0.15) is 15.2 Å². The zero-order chi connectivity index (χ0) is 19.1. The third-order valence-corrected chi connectivity index (χ3v) is 5.62. The van der Waals surface area contributed by atoms with E-state index >= 15 is 0 Å². The van der Waals surface area contributed by atoms with Gasteiger partial charge in [-0.05, 0) is 22.4 Å². The number of fused-ring (bicyclic) bond motifs is 1. The number of aryl methyl sites for hydroxylation is 1. The fraction of sp³-hybridized carbons (Fsp3) is 0.0625. The number of nitrogens with two attached hydrogens (primary N) is 2. The Hall–Kier alpha value is -3.49. The number of nitrogens with zero attached hydrogens (tertiary/aromatic N) is 4. The summed E-state index contributed by atoms with van der Waals surface area (Å²) in [5, 5.41) is 20.1. The molecule has 0 aliphatic carbocycles. The number of carbonyl (C=O) groups is 1. The Balaban J connectivity index is 1.90. The fourth-order valence-electron chi connectivity index (χ4n) is 2.70. The summed E-state index contributed by atoms with van der Waals surface area (Å²) < 4.78 is 6.39. The smallest absolute Gasteiger partial charge is 0.302 e. The Bertz CT molecular complexity index is 1220. The Morgan fingerprint density at radius 1 is 1.44 bits per heavy atom. The number of rotatable bonds is 3. The second-order valence-electron chi connectivity index (χ2n) is 5.59. The lowest BCUT2D eigenvalue weighted by atomic mass is 9.99. The summed E-state index contributed by atoms with van der Waals surface area (Å²) in [6.45, 7) is 0. The SMILES string of the molecule is C[n+]1cc(NC(=O)c2sc3nc(N)c(C#N)c(-c4ccsc4)c3c2N)on1. The number of anilines is 3. The van der Waals surface area contributed by atoms with Crippen molar-refractivity contribution in [3.63, 3.8) is 0 Å². The summed E-state index contributed by atoms with van der Waals surface area (Å²) >= 11 is 2.58. The zero-order valence-corrected chi connectivity index (χ0v) is 15.5. The predicted molar refractivity (Wildman–Crippen MR) is 102 cm³/mol. The van der Waals surface area contributed by atoms with Gasteiger partial charge in [-0.3, -0.25) is 14.6 Å². The van der Waals surface area contributed by atoms with Crippen LogP contribution in [-0.4, -0.2) is 16.2 Å². The van der Waals surface area contributed by atoms with Gasteiger partial charge in [-0.2, -0.15) is 16.6 Å². The zero-order valence-electron chi connectivity index (χ0n) is 13.9. The minimum atomic E-state index is -0.458. The van der Waals surface area contributed by atoms with Crippen molar-refractivity contribution >= 4 is 56.2 Å². The van der Waals surface area contributed by atoms with Crippen LogP contribution in [0.15, 0.2) is 27.5 Å². The monoisotopic (exact) mass is 398 g/mol. The molecule has 4 heterocycles. The van der Waals surface area contributed by atoms with Crippen molar-refractivity contribution in [2.75, 3.05) is 16.8 Å². The van der Waals surface area contributed by atoms with Crippen molar-refractivity contribution in [2.45, 2.75) is 0 Å². The van der Waals surface area contributed by atoms with Gasteiger partial charge < -0.3 is 11.5 Å². The molecule has 5 N–H and O–H groups in total. The molecule has 0 saturated carbocycles. The minimum absolute atomic E-state index is 0.0988. The lowest BCUT2D eigenvalue weighted by molar-refractivity contribution is -0.739. The number of nitrogen functional groups attached to an aromatic ring is 2. The van der Waals surface area contributed by atoms with Gasteiger partial charge in [0.05, 0.1) is 5.69 Å². The van der Waals surface area contributed by atoms with Crippen LogP contribution in [0.5, 0.6) is 0 Å². The van der Waals surface area contributed by atoms with E-state index in [0.717, 1.165) is 16.9 Å². The molecule has 0 aliphatic heterocycles. The normalized spacial score (nSPS) is 10.8. The number of nitrogens with one attached hydrogen (secondary N) is 1. The topological polar surface area (TPSA) is 148 Å². The maximum Gasteiger partial charge on any atom is 0.302 e. The molecule has 0 aromatic carbocycles. The molecular formula is C16H12N7O2S2+. The van der Waals surface area contributed by atoms with Crippen LogP contribution in [0.25, 0.3) is 21.3 Å². The average molecular weight is 398 g/mol. The van der Waals surface area contributed by atoms with Crippen molar-refractivity contribution < 1.29 is 14.0 Å². The van der Waals surface area contributed by atoms with Gasteiger partial charge in [0.15, 0.2) is 12.3 Å². The molecule has 4 rings (SSSR count). The van der Waals surface area contributed by atoms with Gasteiger partial charge in [-0.15, -0.1) is 11.3 Å². The van der Waals surface area contributed by atoms with Crippen LogP contribution in [0.3, 0.4) is 0 Å².